The number of aryl methyl sites for hydroxylation is 1. The molecule has 150 valence electrons. The molecule has 0 spiro atoms. The fraction of sp³-hybridized carbons (Fsp3) is 0.556. The fourth-order valence-electron chi connectivity index (χ4n) is 2.97. The molecule has 8 nitrogen and oxygen atoms in total. The number of hydrogen-bond acceptors (Lipinski definition) is 5. The second-order valence-corrected chi connectivity index (χ2v) is 8.57. The van der Waals surface area contributed by atoms with Crippen molar-refractivity contribution in [2.75, 3.05) is 33.3 Å². The first kappa shape index (κ1) is 21.2. The van der Waals surface area contributed by atoms with Gasteiger partial charge in [0.1, 0.15) is 6.54 Å². The molecule has 0 radical (unpaired) electrons. The molecule has 1 aromatic carbocycles. The Bertz CT molecular complexity index is 741. The van der Waals surface area contributed by atoms with Crippen LogP contribution in [-0.2, 0) is 19.6 Å². The van der Waals surface area contributed by atoms with E-state index in [1.165, 1.54) is 11.4 Å². The molecule has 1 aliphatic rings. The smallest absolute Gasteiger partial charge is 0.325 e. The van der Waals surface area contributed by atoms with E-state index < -0.39 is 22.0 Å². The minimum absolute atomic E-state index is 0.169. The van der Waals surface area contributed by atoms with Crippen molar-refractivity contribution in [3.8, 4) is 0 Å². The van der Waals surface area contributed by atoms with E-state index in [4.69, 9.17) is 0 Å². The third-order valence-electron chi connectivity index (χ3n) is 4.69. The molecule has 2 amide bonds. The number of ether oxygens (including phenoxy) is 1. The summed E-state index contributed by atoms with van der Waals surface area (Å²) in [4.78, 5) is 22.8. The highest BCUT2D eigenvalue weighted by molar-refractivity contribution is 7.89. The number of methoxy groups -OCH3 is 1. The van der Waals surface area contributed by atoms with Crippen molar-refractivity contribution < 1.29 is 22.7 Å². The molecule has 2 rings (SSSR count). The molecule has 1 fully saturated rings. The summed E-state index contributed by atoms with van der Waals surface area (Å²) >= 11 is 0. The zero-order chi connectivity index (χ0) is 19.9. The first-order chi connectivity index (χ1) is 12.8. The molecule has 1 saturated heterocycles. The highest BCUT2D eigenvalue weighted by Crippen LogP contribution is 2.25. The van der Waals surface area contributed by atoms with Gasteiger partial charge in [-0.1, -0.05) is 17.7 Å². The number of carbonyl (C=O) groups excluding carboxylic acids is 2. The summed E-state index contributed by atoms with van der Waals surface area (Å²) < 4.78 is 31.3. The molecular weight excluding hydrogens is 370 g/mol. The van der Waals surface area contributed by atoms with Gasteiger partial charge in [-0.2, -0.15) is 4.31 Å². The van der Waals surface area contributed by atoms with Crippen molar-refractivity contribution in [3.05, 3.63) is 29.8 Å². The Balaban J connectivity index is 1.73. The zero-order valence-electron chi connectivity index (χ0n) is 15.7. The number of carbonyl (C=O) groups is 2. The van der Waals surface area contributed by atoms with Crippen molar-refractivity contribution in [1.29, 1.82) is 0 Å². The Hall–Kier alpha value is -2.13. The molecule has 0 aliphatic carbocycles. The van der Waals surface area contributed by atoms with Crippen LogP contribution in [0.3, 0.4) is 0 Å². The molecule has 2 N–H and O–H groups in total. The number of sulfonamides is 1. The molecule has 0 aromatic heterocycles. The van der Waals surface area contributed by atoms with Gasteiger partial charge in [0.05, 0.1) is 12.0 Å². The summed E-state index contributed by atoms with van der Waals surface area (Å²) in [5, 5.41) is 5.10. The molecule has 1 aromatic rings. The second kappa shape index (κ2) is 9.70. The van der Waals surface area contributed by atoms with Crippen LogP contribution in [0.25, 0.3) is 0 Å². The van der Waals surface area contributed by atoms with Gasteiger partial charge in [0.15, 0.2) is 0 Å². The maximum atomic E-state index is 12.7. The summed E-state index contributed by atoms with van der Waals surface area (Å²) in [5.74, 6) is -0.150. The van der Waals surface area contributed by atoms with Gasteiger partial charge in [0, 0.05) is 19.6 Å². The van der Waals surface area contributed by atoms with Gasteiger partial charge in [-0.25, -0.2) is 13.2 Å². The van der Waals surface area contributed by atoms with E-state index in [0.29, 0.717) is 30.4 Å². The van der Waals surface area contributed by atoms with Crippen LogP contribution in [0.4, 0.5) is 4.79 Å². The molecule has 0 saturated carbocycles. The Morgan fingerprint density at radius 3 is 2.37 bits per heavy atom. The Labute approximate surface area is 160 Å². The van der Waals surface area contributed by atoms with Gasteiger partial charge in [0.2, 0.25) is 10.0 Å². The van der Waals surface area contributed by atoms with Crippen LogP contribution in [0.2, 0.25) is 0 Å². The van der Waals surface area contributed by atoms with Crippen molar-refractivity contribution in [2.24, 2.45) is 5.92 Å². The maximum absolute atomic E-state index is 12.7. The Kier molecular flexibility index (Phi) is 7.61. The Morgan fingerprint density at radius 1 is 1.15 bits per heavy atom. The lowest BCUT2D eigenvalue weighted by molar-refractivity contribution is -0.139. The molecule has 1 heterocycles. The topological polar surface area (TPSA) is 105 Å². The highest BCUT2D eigenvalue weighted by Gasteiger charge is 2.29. The summed E-state index contributed by atoms with van der Waals surface area (Å²) in [7, 11) is -2.19. The molecule has 0 bridgehead atoms. The molecule has 0 atom stereocenters. The van der Waals surface area contributed by atoms with Gasteiger partial charge in [-0.3, -0.25) is 4.79 Å². The normalized spacial score (nSPS) is 15.9. The first-order valence-electron chi connectivity index (χ1n) is 8.98. The number of urea groups is 1. The Morgan fingerprint density at radius 2 is 1.78 bits per heavy atom. The van der Waals surface area contributed by atoms with Crippen LogP contribution in [0.5, 0.6) is 0 Å². The van der Waals surface area contributed by atoms with E-state index in [-0.39, 0.29) is 6.54 Å². The summed E-state index contributed by atoms with van der Waals surface area (Å²) in [6.07, 6.45) is 2.29. The molecule has 27 heavy (non-hydrogen) atoms. The van der Waals surface area contributed by atoms with Gasteiger partial charge in [0.25, 0.3) is 0 Å². The minimum Gasteiger partial charge on any atom is -0.468 e. The highest BCUT2D eigenvalue weighted by atomic mass is 32.2. The van der Waals surface area contributed by atoms with Crippen LogP contribution in [0.15, 0.2) is 29.2 Å². The first-order valence-corrected chi connectivity index (χ1v) is 10.4. The van der Waals surface area contributed by atoms with Crippen molar-refractivity contribution in [3.63, 3.8) is 0 Å². The van der Waals surface area contributed by atoms with Gasteiger partial charge in [-0.05, 0) is 44.2 Å². The zero-order valence-corrected chi connectivity index (χ0v) is 16.5. The average molecular weight is 397 g/mol. The number of hydrogen-bond donors (Lipinski definition) is 2. The van der Waals surface area contributed by atoms with Crippen molar-refractivity contribution in [1.82, 2.24) is 14.9 Å². The lowest BCUT2D eigenvalue weighted by atomic mass is 9.95. The molecular formula is C18H27N3O5S. The second-order valence-electron chi connectivity index (χ2n) is 6.63. The van der Waals surface area contributed by atoms with E-state index in [2.05, 4.69) is 15.4 Å². The number of piperidine rings is 1. The van der Waals surface area contributed by atoms with Gasteiger partial charge >= 0.3 is 12.0 Å². The average Bonchev–Trinajstić information content (AvgIpc) is 2.67. The van der Waals surface area contributed by atoms with Crippen LogP contribution in [0.1, 0.15) is 24.8 Å². The number of nitrogens with one attached hydrogen (secondary N) is 2. The SMILES string of the molecule is COC(=O)CNC(=O)NCCC1CCN(S(=O)(=O)c2ccc(C)cc2)CC1. The molecule has 0 unspecified atom stereocenters. The van der Waals surface area contributed by atoms with Crippen LogP contribution >= 0.6 is 0 Å². The van der Waals surface area contributed by atoms with Crippen LogP contribution in [0, 0.1) is 12.8 Å². The lowest BCUT2D eigenvalue weighted by Crippen LogP contribution is -2.41. The monoisotopic (exact) mass is 397 g/mol. The summed E-state index contributed by atoms with van der Waals surface area (Å²) in [6.45, 7) is 3.19. The number of amides is 2. The number of nitrogens with zero attached hydrogens (tertiary/aromatic N) is 1. The molecule has 1 aliphatic heterocycles. The van der Waals surface area contributed by atoms with Crippen LogP contribution < -0.4 is 10.6 Å². The lowest BCUT2D eigenvalue weighted by Gasteiger charge is -2.31. The summed E-state index contributed by atoms with van der Waals surface area (Å²) in [6, 6.07) is 6.48. The van der Waals surface area contributed by atoms with E-state index in [0.717, 1.165) is 24.8 Å². The van der Waals surface area contributed by atoms with E-state index in [9.17, 15) is 18.0 Å². The number of benzene rings is 1. The van der Waals surface area contributed by atoms with Crippen LogP contribution in [-0.4, -0.2) is 58.0 Å². The van der Waals surface area contributed by atoms with Crippen molar-refractivity contribution in [2.45, 2.75) is 31.1 Å². The standard InChI is InChI=1S/C18H27N3O5S/c1-14-3-5-16(6-4-14)27(24,25)21-11-8-15(9-12-21)7-10-19-18(23)20-13-17(22)26-2/h3-6,15H,7-13H2,1-2H3,(H2,19,20,23). The van der Waals surface area contributed by atoms with Crippen molar-refractivity contribution >= 4 is 22.0 Å². The van der Waals surface area contributed by atoms with E-state index in [1.54, 1.807) is 24.3 Å². The van der Waals surface area contributed by atoms with E-state index >= 15 is 0 Å². The summed E-state index contributed by atoms with van der Waals surface area (Å²) in [5.41, 5.74) is 1.02. The number of rotatable bonds is 7. The predicted molar refractivity (Wildman–Crippen MR) is 101 cm³/mol. The molecule has 9 heteroatoms. The largest absolute Gasteiger partial charge is 0.468 e. The quantitative estimate of drug-likeness (QED) is 0.674. The van der Waals surface area contributed by atoms with Gasteiger partial charge < -0.3 is 15.4 Å². The van der Waals surface area contributed by atoms with E-state index in [1.807, 2.05) is 6.92 Å². The predicted octanol–water partition coefficient (Wildman–Crippen LogP) is 1.26. The third-order valence-corrected chi connectivity index (χ3v) is 6.60. The van der Waals surface area contributed by atoms with Gasteiger partial charge in [-0.15, -0.1) is 0 Å². The fourth-order valence-corrected chi connectivity index (χ4v) is 4.44. The minimum atomic E-state index is -3.44. The maximum Gasteiger partial charge on any atom is 0.325 e. The number of esters is 1. The third kappa shape index (κ3) is 6.21.